The Morgan fingerprint density at radius 1 is 1.25 bits per heavy atom. The Bertz CT molecular complexity index is 856. The van der Waals surface area contributed by atoms with Gasteiger partial charge in [-0.3, -0.25) is 9.69 Å². The van der Waals surface area contributed by atoms with Gasteiger partial charge in [0.05, 0.1) is 37.8 Å². The maximum Gasteiger partial charge on any atom is 0.267 e. The van der Waals surface area contributed by atoms with Crippen molar-refractivity contribution < 1.29 is 9.13 Å². The molecule has 1 fully saturated rings. The molecule has 0 aliphatic carbocycles. The second-order valence-electron chi connectivity index (χ2n) is 7.27. The van der Waals surface area contributed by atoms with Crippen molar-refractivity contribution in [3.05, 3.63) is 45.9 Å². The van der Waals surface area contributed by atoms with E-state index in [0.29, 0.717) is 38.3 Å². The van der Waals surface area contributed by atoms with Crippen molar-refractivity contribution in [3.63, 3.8) is 0 Å². The Hall–Kier alpha value is -2.39. The molecule has 0 aromatic carbocycles. The number of nitrogens with one attached hydrogen (secondary N) is 1. The lowest BCUT2D eigenvalue weighted by Crippen LogP contribution is -2.46. The highest BCUT2D eigenvalue weighted by atomic mass is 19.1. The molecule has 2 aliphatic heterocycles. The van der Waals surface area contributed by atoms with Crippen LogP contribution >= 0.6 is 0 Å². The van der Waals surface area contributed by atoms with E-state index in [1.165, 1.54) is 6.42 Å². The number of fused-ring (bicyclic) bond motifs is 1. The Labute approximate surface area is 162 Å². The average Bonchev–Trinajstić information content (AvgIpc) is 2.72. The van der Waals surface area contributed by atoms with Crippen molar-refractivity contribution in [3.8, 4) is 0 Å². The van der Waals surface area contributed by atoms with E-state index >= 15 is 0 Å². The van der Waals surface area contributed by atoms with Crippen LogP contribution in [0.1, 0.15) is 30.5 Å². The molecule has 28 heavy (non-hydrogen) atoms. The fraction of sp³-hybridized carbons (Fsp3) is 0.579. The molecular formula is C19H25FN6O2. The summed E-state index contributed by atoms with van der Waals surface area (Å²) in [6.07, 6.45) is 6.46. The van der Waals surface area contributed by atoms with E-state index in [1.807, 2.05) is 0 Å². The molecule has 8 nitrogen and oxygen atoms in total. The smallest absolute Gasteiger partial charge is 0.267 e. The van der Waals surface area contributed by atoms with Crippen LogP contribution in [-0.4, -0.2) is 56.9 Å². The Balaban J connectivity index is 1.37. The van der Waals surface area contributed by atoms with Gasteiger partial charge >= 0.3 is 0 Å². The van der Waals surface area contributed by atoms with Gasteiger partial charge in [-0.05, 0) is 19.4 Å². The number of ether oxygens (including phenoxy) is 1. The summed E-state index contributed by atoms with van der Waals surface area (Å²) < 4.78 is 19.9. The van der Waals surface area contributed by atoms with Crippen molar-refractivity contribution >= 4 is 5.95 Å². The number of aromatic nitrogens is 4. The Kier molecular flexibility index (Phi) is 5.92. The number of piperidine rings is 1. The van der Waals surface area contributed by atoms with E-state index in [9.17, 15) is 9.18 Å². The van der Waals surface area contributed by atoms with Gasteiger partial charge in [-0.15, -0.1) is 0 Å². The van der Waals surface area contributed by atoms with Gasteiger partial charge in [-0.2, -0.15) is 5.10 Å². The molecule has 1 unspecified atom stereocenters. The Morgan fingerprint density at radius 2 is 2.11 bits per heavy atom. The molecule has 150 valence electrons. The predicted molar refractivity (Wildman–Crippen MR) is 102 cm³/mol. The molecule has 1 N–H and O–H groups in total. The largest absolute Gasteiger partial charge is 0.376 e. The normalized spacial score (nSPS) is 20.0. The minimum absolute atomic E-state index is 0.0735. The van der Waals surface area contributed by atoms with Gasteiger partial charge in [-0.1, -0.05) is 6.42 Å². The van der Waals surface area contributed by atoms with Gasteiger partial charge in [0.25, 0.3) is 5.56 Å². The van der Waals surface area contributed by atoms with Crippen LogP contribution in [0.25, 0.3) is 0 Å². The number of nitrogens with zero attached hydrogens (tertiary/aromatic N) is 5. The highest BCUT2D eigenvalue weighted by Gasteiger charge is 2.23. The molecule has 0 radical (unpaired) electrons. The molecule has 2 aromatic rings. The maximum absolute atomic E-state index is 12.9. The zero-order valence-electron chi connectivity index (χ0n) is 15.8. The molecule has 2 aromatic heterocycles. The van der Waals surface area contributed by atoms with Crippen LogP contribution < -0.4 is 10.9 Å². The van der Waals surface area contributed by atoms with Gasteiger partial charge in [0.2, 0.25) is 5.95 Å². The lowest BCUT2D eigenvalue weighted by atomic mass is 10.0. The van der Waals surface area contributed by atoms with Gasteiger partial charge in [0.1, 0.15) is 0 Å². The number of anilines is 1. The molecular weight excluding hydrogens is 363 g/mol. The van der Waals surface area contributed by atoms with Crippen molar-refractivity contribution in [2.45, 2.75) is 44.9 Å². The fourth-order valence-electron chi connectivity index (χ4n) is 3.83. The van der Waals surface area contributed by atoms with Crippen LogP contribution in [0.2, 0.25) is 0 Å². The monoisotopic (exact) mass is 388 g/mol. The van der Waals surface area contributed by atoms with Crippen LogP contribution in [0.15, 0.2) is 23.3 Å². The lowest BCUT2D eigenvalue weighted by Gasteiger charge is -2.35. The van der Waals surface area contributed by atoms with E-state index in [2.05, 4.69) is 25.3 Å². The van der Waals surface area contributed by atoms with Crippen LogP contribution in [0, 0.1) is 5.82 Å². The summed E-state index contributed by atoms with van der Waals surface area (Å²) in [6.45, 7) is 4.14. The van der Waals surface area contributed by atoms with Crippen molar-refractivity contribution in [1.82, 2.24) is 24.6 Å². The molecule has 1 atom stereocenters. The van der Waals surface area contributed by atoms with E-state index in [4.69, 9.17) is 4.74 Å². The van der Waals surface area contributed by atoms with Gasteiger partial charge in [-0.25, -0.2) is 19.0 Å². The number of likely N-dealkylation sites (tertiary alicyclic amines) is 1. The highest BCUT2D eigenvalue weighted by molar-refractivity contribution is 5.23. The van der Waals surface area contributed by atoms with Crippen LogP contribution in [0.5, 0.6) is 0 Å². The van der Waals surface area contributed by atoms with Crippen LogP contribution in [0.4, 0.5) is 10.3 Å². The zero-order chi connectivity index (χ0) is 19.3. The number of hydrogen-bond acceptors (Lipinski definition) is 7. The Morgan fingerprint density at radius 3 is 2.96 bits per heavy atom. The van der Waals surface area contributed by atoms with Gasteiger partial charge < -0.3 is 10.1 Å². The molecule has 4 heterocycles. The number of rotatable bonds is 6. The third kappa shape index (κ3) is 4.53. The summed E-state index contributed by atoms with van der Waals surface area (Å²) in [5.41, 5.74) is 1.80. The maximum atomic E-state index is 12.9. The molecule has 4 rings (SSSR count). The second-order valence-corrected chi connectivity index (χ2v) is 7.27. The first-order valence-electron chi connectivity index (χ1n) is 9.82. The predicted octanol–water partition coefficient (Wildman–Crippen LogP) is 1.21. The topological polar surface area (TPSA) is 85.2 Å². The van der Waals surface area contributed by atoms with Crippen molar-refractivity contribution in [2.24, 2.45) is 0 Å². The van der Waals surface area contributed by atoms with E-state index < -0.39 is 5.82 Å². The first-order valence-corrected chi connectivity index (χ1v) is 9.82. The first kappa shape index (κ1) is 18.9. The quantitative estimate of drug-likeness (QED) is 0.796. The van der Waals surface area contributed by atoms with Crippen molar-refractivity contribution in [2.75, 3.05) is 31.6 Å². The lowest BCUT2D eigenvalue weighted by molar-refractivity contribution is 0.107. The molecule has 9 heteroatoms. The third-order valence-electron chi connectivity index (χ3n) is 5.37. The SMILES string of the molecule is O=c1cc2c(nn1CCN1CCCCC1CNc1ncc(F)cn1)CCOC2. The number of halogens is 1. The summed E-state index contributed by atoms with van der Waals surface area (Å²) in [4.78, 5) is 22.6. The second kappa shape index (κ2) is 8.74. The van der Waals surface area contributed by atoms with E-state index in [-0.39, 0.29) is 5.56 Å². The first-order chi connectivity index (χ1) is 13.7. The number of hydrogen-bond donors (Lipinski definition) is 1. The molecule has 1 saturated heterocycles. The van der Waals surface area contributed by atoms with Crippen LogP contribution in [0.3, 0.4) is 0 Å². The summed E-state index contributed by atoms with van der Waals surface area (Å²) in [5, 5.41) is 7.74. The molecule has 0 saturated carbocycles. The molecule has 0 bridgehead atoms. The minimum atomic E-state index is -0.445. The summed E-state index contributed by atoms with van der Waals surface area (Å²) in [6, 6.07) is 1.98. The van der Waals surface area contributed by atoms with E-state index in [0.717, 1.165) is 56.0 Å². The third-order valence-corrected chi connectivity index (χ3v) is 5.37. The minimum Gasteiger partial charge on any atom is -0.376 e. The standard InChI is InChI=1S/C19H25FN6O2/c20-15-10-21-19(22-11-15)23-12-16-3-1-2-5-25(16)6-7-26-18(27)9-14-13-28-8-4-17(14)24-26/h9-11,16H,1-8,12-13H2,(H,21,22,23). The zero-order valence-corrected chi connectivity index (χ0v) is 15.8. The summed E-state index contributed by atoms with van der Waals surface area (Å²) >= 11 is 0. The van der Waals surface area contributed by atoms with Gasteiger partial charge in [0, 0.05) is 37.2 Å². The van der Waals surface area contributed by atoms with Crippen LogP contribution in [-0.2, 0) is 24.3 Å². The summed E-state index contributed by atoms with van der Waals surface area (Å²) in [5.74, 6) is -0.0129. The highest BCUT2D eigenvalue weighted by Crippen LogP contribution is 2.17. The average molecular weight is 388 g/mol. The van der Waals surface area contributed by atoms with Crippen molar-refractivity contribution in [1.29, 1.82) is 0 Å². The molecule has 0 amide bonds. The molecule has 2 aliphatic rings. The van der Waals surface area contributed by atoms with E-state index in [1.54, 1.807) is 10.7 Å². The van der Waals surface area contributed by atoms with Gasteiger partial charge in [0.15, 0.2) is 5.82 Å². The summed E-state index contributed by atoms with van der Waals surface area (Å²) in [7, 11) is 0. The molecule has 0 spiro atoms. The fourth-order valence-corrected chi connectivity index (χ4v) is 3.83.